The summed E-state index contributed by atoms with van der Waals surface area (Å²) in [5, 5.41) is 0. The number of aryl methyl sites for hydroxylation is 1. The fourth-order valence-corrected chi connectivity index (χ4v) is 3.33. The summed E-state index contributed by atoms with van der Waals surface area (Å²) in [5.41, 5.74) is 9.99. The lowest BCUT2D eigenvalue weighted by atomic mass is 10.0. The number of benzene rings is 4. The molecule has 0 aliphatic rings. The second-order valence-electron chi connectivity index (χ2n) is 8.10. The van der Waals surface area contributed by atoms with Crippen LogP contribution in [0.1, 0.15) is 36.1 Å². The van der Waals surface area contributed by atoms with E-state index in [1.807, 2.05) is 62.4 Å². The normalized spacial score (nSPS) is 10.7. The first-order valence-corrected chi connectivity index (χ1v) is 11.1. The van der Waals surface area contributed by atoms with Crippen LogP contribution in [0.2, 0.25) is 0 Å². The van der Waals surface area contributed by atoms with Gasteiger partial charge in [-0.1, -0.05) is 133 Å². The predicted molar refractivity (Wildman–Crippen MR) is 145 cm³/mol. The Bertz CT molecular complexity index is 1210. The molecule has 0 aliphatic heterocycles. The fourth-order valence-electron chi connectivity index (χ4n) is 3.33. The van der Waals surface area contributed by atoms with E-state index in [4.69, 9.17) is 0 Å². The first-order chi connectivity index (χ1) is 15.9. The molecule has 4 rings (SSSR count). The maximum atomic E-state index is 4.65. The van der Waals surface area contributed by atoms with E-state index in [9.17, 15) is 0 Å². The van der Waals surface area contributed by atoms with Gasteiger partial charge in [0.1, 0.15) is 0 Å². The van der Waals surface area contributed by atoms with Gasteiger partial charge in [-0.25, -0.2) is 0 Å². The third-order valence-electron chi connectivity index (χ3n) is 5.36. The molecule has 0 saturated carbocycles. The molecule has 0 radical (unpaired) electrons. The number of allylic oxidation sites excluding steroid dienone is 1. The lowest BCUT2D eigenvalue weighted by molar-refractivity contribution is 1.46. The lowest BCUT2D eigenvalue weighted by Crippen LogP contribution is -1.95. The van der Waals surface area contributed by atoms with Crippen LogP contribution >= 0.6 is 0 Å². The highest BCUT2D eigenvalue weighted by Crippen LogP contribution is 2.21. The van der Waals surface area contributed by atoms with Crippen LogP contribution in [0.15, 0.2) is 127 Å². The van der Waals surface area contributed by atoms with Crippen molar-refractivity contribution in [3.05, 3.63) is 145 Å². The minimum Gasteiger partial charge on any atom is -0.253 e. The number of hydrogen-bond donors (Lipinski definition) is 0. The average Bonchev–Trinajstić information content (AvgIpc) is 2.86. The van der Waals surface area contributed by atoms with Gasteiger partial charge in [-0.15, -0.1) is 0 Å². The molecule has 0 spiro atoms. The predicted octanol–water partition coefficient (Wildman–Crippen LogP) is 8.86. The quantitative estimate of drug-likeness (QED) is 0.281. The third kappa shape index (κ3) is 7.02. The van der Waals surface area contributed by atoms with Gasteiger partial charge in [-0.05, 0) is 48.6 Å². The molecule has 4 aromatic rings. The molecule has 0 amide bonds. The molecular formula is C32H31N. The van der Waals surface area contributed by atoms with Crippen molar-refractivity contribution >= 4 is 17.0 Å². The van der Waals surface area contributed by atoms with Crippen molar-refractivity contribution in [3.63, 3.8) is 0 Å². The molecule has 0 saturated heterocycles. The largest absolute Gasteiger partial charge is 0.253 e. The monoisotopic (exact) mass is 429 g/mol. The molecule has 4 aromatic carbocycles. The van der Waals surface area contributed by atoms with E-state index in [0.29, 0.717) is 0 Å². The molecule has 33 heavy (non-hydrogen) atoms. The zero-order valence-corrected chi connectivity index (χ0v) is 19.8. The molecule has 0 bridgehead atoms. The van der Waals surface area contributed by atoms with Crippen molar-refractivity contribution in [2.24, 2.45) is 4.99 Å². The summed E-state index contributed by atoms with van der Waals surface area (Å²) in [6.07, 6.45) is 0. The fraction of sp³-hybridized carbons (Fsp3) is 0.0938. The van der Waals surface area contributed by atoms with E-state index < -0.39 is 0 Å². The average molecular weight is 430 g/mol. The Balaban J connectivity index is 0.000000286. The highest BCUT2D eigenvalue weighted by Gasteiger charge is 2.02. The molecule has 0 aliphatic carbocycles. The van der Waals surface area contributed by atoms with Gasteiger partial charge in [0.25, 0.3) is 0 Å². The second kappa shape index (κ2) is 11.6. The van der Waals surface area contributed by atoms with Gasteiger partial charge in [-0.3, -0.25) is 4.99 Å². The minimum atomic E-state index is 0.788. The summed E-state index contributed by atoms with van der Waals surface area (Å²) in [4.78, 5) is 4.65. The molecular weight excluding hydrogens is 398 g/mol. The number of aliphatic imine (C=N–C) groups is 1. The Morgan fingerprint density at radius 1 is 0.545 bits per heavy atom. The van der Waals surface area contributed by atoms with Gasteiger partial charge in [0.05, 0.1) is 5.70 Å². The van der Waals surface area contributed by atoms with E-state index in [-0.39, 0.29) is 0 Å². The molecule has 0 heterocycles. The number of hydrogen-bond acceptors (Lipinski definition) is 1. The van der Waals surface area contributed by atoms with Crippen LogP contribution < -0.4 is 0 Å². The first-order valence-electron chi connectivity index (χ1n) is 11.1. The molecule has 0 fully saturated rings. The molecule has 0 aromatic heterocycles. The first kappa shape index (κ1) is 23.7. The zero-order chi connectivity index (χ0) is 23.6. The molecule has 1 heteroatoms. The summed E-state index contributed by atoms with van der Waals surface area (Å²) in [5.74, 6) is 0. The second-order valence-corrected chi connectivity index (χ2v) is 8.10. The van der Waals surface area contributed by atoms with Gasteiger partial charge >= 0.3 is 0 Å². The van der Waals surface area contributed by atoms with Crippen molar-refractivity contribution in [3.8, 4) is 11.1 Å². The van der Waals surface area contributed by atoms with Crippen LogP contribution in [-0.2, 0) is 0 Å². The minimum absolute atomic E-state index is 0.788. The standard InChI is InChI=1S/C23H21N.C9H10/c1-17-9-11-22(12-10-17)23-15-13-21(14-16-23)19(3)24-18(2)20-7-5-4-6-8-20;1-8(2)9-6-4-3-5-7-9/h4-16H,2H2,1,3H3;3-7H,1H2,2H3. The van der Waals surface area contributed by atoms with Crippen LogP contribution in [0.4, 0.5) is 0 Å². The van der Waals surface area contributed by atoms with Crippen LogP contribution in [0.3, 0.4) is 0 Å². The van der Waals surface area contributed by atoms with E-state index >= 15 is 0 Å². The highest BCUT2D eigenvalue weighted by molar-refractivity contribution is 6.01. The summed E-state index contributed by atoms with van der Waals surface area (Å²) >= 11 is 0. The summed E-state index contributed by atoms with van der Waals surface area (Å²) in [7, 11) is 0. The summed E-state index contributed by atoms with van der Waals surface area (Å²) in [6, 6.07) is 37.3. The zero-order valence-electron chi connectivity index (χ0n) is 19.8. The Kier molecular flexibility index (Phi) is 8.32. The molecule has 0 atom stereocenters. The van der Waals surface area contributed by atoms with Gasteiger partial charge in [-0.2, -0.15) is 0 Å². The van der Waals surface area contributed by atoms with Gasteiger partial charge < -0.3 is 0 Å². The van der Waals surface area contributed by atoms with E-state index in [1.54, 1.807) is 0 Å². The van der Waals surface area contributed by atoms with Crippen molar-refractivity contribution in [1.29, 1.82) is 0 Å². The smallest absolute Gasteiger partial charge is 0.0633 e. The third-order valence-corrected chi connectivity index (χ3v) is 5.36. The molecule has 0 unspecified atom stereocenters. The Morgan fingerprint density at radius 3 is 1.45 bits per heavy atom. The lowest BCUT2D eigenvalue weighted by Gasteiger charge is -2.06. The number of rotatable bonds is 5. The maximum Gasteiger partial charge on any atom is 0.0633 e. The highest BCUT2D eigenvalue weighted by atomic mass is 14.7. The van der Waals surface area contributed by atoms with Gasteiger partial charge in [0, 0.05) is 5.71 Å². The van der Waals surface area contributed by atoms with Crippen molar-refractivity contribution < 1.29 is 0 Å². The van der Waals surface area contributed by atoms with Crippen molar-refractivity contribution in [1.82, 2.24) is 0 Å². The molecule has 1 nitrogen and oxygen atoms in total. The Labute approximate surface area is 198 Å². The van der Waals surface area contributed by atoms with Crippen LogP contribution in [-0.4, -0.2) is 5.71 Å². The van der Waals surface area contributed by atoms with E-state index in [0.717, 1.165) is 28.1 Å². The Hall–Kier alpha value is -3.97. The van der Waals surface area contributed by atoms with Crippen LogP contribution in [0.5, 0.6) is 0 Å². The SMILES string of the molecule is C=C(C)c1ccccc1.C=C(N=C(C)c1ccc(-c2ccc(C)cc2)cc1)c1ccccc1. The van der Waals surface area contributed by atoms with Gasteiger partial charge in [0.2, 0.25) is 0 Å². The van der Waals surface area contributed by atoms with Gasteiger partial charge in [0.15, 0.2) is 0 Å². The summed E-state index contributed by atoms with van der Waals surface area (Å²) < 4.78 is 0. The van der Waals surface area contributed by atoms with Crippen molar-refractivity contribution in [2.75, 3.05) is 0 Å². The van der Waals surface area contributed by atoms with Crippen LogP contribution in [0, 0.1) is 6.92 Å². The topological polar surface area (TPSA) is 12.4 Å². The Morgan fingerprint density at radius 2 is 1.00 bits per heavy atom. The molecule has 0 N–H and O–H groups in total. The van der Waals surface area contributed by atoms with E-state index in [1.165, 1.54) is 22.3 Å². The summed E-state index contributed by atoms with van der Waals surface area (Å²) in [6.45, 7) is 14.0. The molecule has 164 valence electrons. The van der Waals surface area contributed by atoms with E-state index in [2.05, 4.69) is 85.7 Å². The maximum absolute atomic E-state index is 4.65. The number of nitrogens with zero attached hydrogens (tertiary/aromatic N) is 1. The van der Waals surface area contributed by atoms with Crippen molar-refractivity contribution in [2.45, 2.75) is 20.8 Å². The van der Waals surface area contributed by atoms with Crippen LogP contribution in [0.25, 0.3) is 22.4 Å².